The zero-order valence-corrected chi connectivity index (χ0v) is 18.9. The van der Waals surface area contributed by atoms with Crippen molar-refractivity contribution < 1.29 is 23.5 Å². The first kappa shape index (κ1) is 22.3. The quantitative estimate of drug-likeness (QED) is 0.533. The van der Waals surface area contributed by atoms with E-state index in [0.29, 0.717) is 37.7 Å². The van der Waals surface area contributed by atoms with Gasteiger partial charge in [0.25, 0.3) is 0 Å². The van der Waals surface area contributed by atoms with Crippen LogP contribution in [-0.2, 0) is 20.7 Å². The largest absolute Gasteiger partial charge is 0.469 e. The fourth-order valence-electron chi connectivity index (χ4n) is 3.59. The maximum Gasteiger partial charge on any atom is 0.409 e. The van der Waals surface area contributed by atoms with Crippen molar-refractivity contribution in [1.29, 1.82) is 0 Å². The van der Waals surface area contributed by atoms with Crippen molar-refractivity contribution in [2.75, 3.05) is 26.8 Å². The van der Waals surface area contributed by atoms with Crippen LogP contribution >= 0.6 is 15.9 Å². The van der Waals surface area contributed by atoms with Crippen LogP contribution < -0.4 is 0 Å². The maximum atomic E-state index is 12.4. The molecule has 1 aliphatic heterocycles. The molecule has 1 aliphatic rings. The van der Waals surface area contributed by atoms with E-state index in [1.807, 2.05) is 31.2 Å². The molecule has 0 spiro atoms. The molecule has 2 heterocycles. The molecule has 1 amide bonds. The molecule has 0 radical (unpaired) electrons. The molecular formula is C22H27BrN2O5. The van der Waals surface area contributed by atoms with Crippen molar-refractivity contribution >= 4 is 28.0 Å². The Morgan fingerprint density at radius 1 is 1.30 bits per heavy atom. The fraction of sp³-hybridized carbons (Fsp3) is 0.500. The van der Waals surface area contributed by atoms with E-state index in [0.717, 1.165) is 40.8 Å². The summed E-state index contributed by atoms with van der Waals surface area (Å²) in [5.41, 5.74) is 1.69. The summed E-state index contributed by atoms with van der Waals surface area (Å²) in [5.74, 6) is 1.38. The van der Waals surface area contributed by atoms with E-state index in [-0.39, 0.29) is 18.7 Å². The summed E-state index contributed by atoms with van der Waals surface area (Å²) < 4.78 is 16.9. The molecule has 3 rings (SSSR count). The van der Waals surface area contributed by atoms with Crippen molar-refractivity contribution in [3.8, 4) is 11.5 Å². The van der Waals surface area contributed by atoms with Gasteiger partial charge >= 0.3 is 12.1 Å². The topological polar surface area (TPSA) is 81.9 Å². The number of benzene rings is 1. The highest BCUT2D eigenvalue weighted by Gasteiger charge is 2.25. The van der Waals surface area contributed by atoms with Crippen molar-refractivity contribution in [1.82, 2.24) is 9.88 Å². The summed E-state index contributed by atoms with van der Waals surface area (Å²) in [4.78, 5) is 30.1. The van der Waals surface area contributed by atoms with Gasteiger partial charge in [0.15, 0.2) is 0 Å². The Hall–Kier alpha value is -2.35. The van der Waals surface area contributed by atoms with Gasteiger partial charge in [-0.25, -0.2) is 9.78 Å². The van der Waals surface area contributed by atoms with Crippen LogP contribution in [0, 0.1) is 12.8 Å². The van der Waals surface area contributed by atoms with E-state index in [2.05, 4.69) is 20.9 Å². The molecule has 162 valence electrons. The zero-order valence-electron chi connectivity index (χ0n) is 17.4. The van der Waals surface area contributed by atoms with E-state index < -0.39 is 0 Å². The van der Waals surface area contributed by atoms with Crippen LogP contribution in [0.5, 0.6) is 0 Å². The monoisotopic (exact) mass is 478 g/mol. The van der Waals surface area contributed by atoms with Crippen molar-refractivity contribution in [2.45, 2.75) is 39.0 Å². The number of aryl methyl sites for hydroxylation is 1. The highest BCUT2D eigenvalue weighted by molar-refractivity contribution is 9.10. The van der Waals surface area contributed by atoms with Gasteiger partial charge in [-0.1, -0.05) is 15.9 Å². The molecule has 0 saturated carbocycles. The van der Waals surface area contributed by atoms with Gasteiger partial charge in [-0.2, -0.15) is 0 Å². The second kappa shape index (κ2) is 10.6. The Balaban J connectivity index is 1.47. The molecule has 1 unspecified atom stereocenters. The van der Waals surface area contributed by atoms with Crippen LogP contribution in [0.3, 0.4) is 0 Å². The van der Waals surface area contributed by atoms with Gasteiger partial charge in [0.1, 0.15) is 5.76 Å². The Morgan fingerprint density at radius 3 is 2.80 bits per heavy atom. The third-order valence-electron chi connectivity index (χ3n) is 5.31. The smallest absolute Gasteiger partial charge is 0.409 e. The summed E-state index contributed by atoms with van der Waals surface area (Å²) in [7, 11) is 1.39. The summed E-state index contributed by atoms with van der Waals surface area (Å²) >= 11 is 3.42. The standard InChI is InChI=1S/C22H27BrN2O5/c1-15-19(24-21(30-15)17-6-8-18(23)9-7-17)11-13-29-22(27)25-12-3-4-16(14-25)5-10-20(26)28-2/h6-9,16H,3-5,10-14H2,1-2H3. The van der Waals surface area contributed by atoms with Gasteiger partial charge in [0, 0.05) is 36.0 Å². The van der Waals surface area contributed by atoms with Crippen LogP contribution in [0.4, 0.5) is 4.79 Å². The average molecular weight is 479 g/mol. The van der Waals surface area contributed by atoms with Gasteiger partial charge in [-0.3, -0.25) is 4.79 Å². The number of amides is 1. The molecule has 1 aromatic carbocycles. The number of esters is 1. The second-order valence-electron chi connectivity index (χ2n) is 7.46. The Kier molecular flexibility index (Phi) is 7.90. The molecule has 1 aromatic heterocycles. The molecule has 2 aromatic rings. The number of aromatic nitrogens is 1. The lowest BCUT2D eigenvalue weighted by Crippen LogP contribution is -2.40. The highest BCUT2D eigenvalue weighted by Crippen LogP contribution is 2.24. The van der Waals surface area contributed by atoms with E-state index in [1.165, 1.54) is 7.11 Å². The summed E-state index contributed by atoms with van der Waals surface area (Å²) in [6.45, 7) is 3.41. The number of piperidine rings is 1. The summed E-state index contributed by atoms with van der Waals surface area (Å²) in [6.07, 6.45) is 3.23. The van der Waals surface area contributed by atoms with Gasteiger partial charge in [0.05, 0.1) is 19.4 Å². The minimum absolute atomic E-state index is 0.208. The summed E-state index contributed by atoms with van der Waals surface area (Å²) in [5, 5.41) is 0. The van der Waals surface area contributed by atoms with Crippen molar-refractivity contribution in [2.24, 2.45) is 5.92 Å². The Labute approximate surface area is 184 Å². The van der Waals surface area contributed by atoms with E-state index in [9.17, 15) is 9.59 Å². The first-order valence-corrected chi connectivity index (χ1v) is 11.0. The number of rotatable bonds is 7. The Bertz CT molecular complexity index is 865. The fourth-order valence-corrected chi connectivity index (χ4v) is 3.86. The molecule has 1 saturated heterocycles. The number of oxazole rings is 1. The lowest BCUT2D eigenvalue weighted by Gasteiger charge is -2.31. The lowest BCUT2D eigenvalue weighted by molar-refractivity contribution is -0.141. The van der Waals surface area contributed by atoms with Crippen LogP contribution in [-0.4, -0.2) is 48.8 Å². The van der Waals surface area contributed by atoms with E-state index in [4.69, 9.17) is 13.9 Å². The minimum atomic E-state index is -0.313. The number of nitrogens with zero attached hydrogens (tertiary/aromatic N) is 2. The lowest BCUT2D eigenvalue weighted by atomic mass is 9.94. The molecule has 0 aliphatic carbocycles. The van der Waals surface area contributed by atoms with Crippen molar-refractivity contribution in [3.05, 3.63) is 40.2 Å². The van der Waals surface area contributed by atoms with Crippen LogP contribution in [0.25, 0.3) is 11.5 Å². The van der Waals surface area contributed by atoms with Gasteiger partial charge in [-0.05, 0) is 56.4 Å². The number of hydrogen-bond acceptors (Lipinski definition) is 6. The molecule has 0 bridgehead atoms. The average Bonchev–Trinajstić information content (AvgIpc) is 3.13. The molecule has 7 nitrogen and oxygen atoms in total. The number of hydrogen-bond donors (Lipinski definition) is 0. The van der Waals surface area contributed by atoms with Gasteiger partial charge in [0.2, 0.25) is 5.89 Å². The first-order chi connectivity index (χ1) is 14.5. The SMILES string of the molecule is COC(=O)CCC1CCCN(C(=O)OCCc2nc(-c3ccc(Br)cc3)oc2C)C1. The predicted molar refractivity (Wildman–Crippen MR) is 115 cm³/mol. The molecular weight excluding hydrogens is 452 g/mol. The van der Waals surface area contributed by atoms with Gasteiger partial charge < -0.3 is 18.8 Å². The van der Waals surface area contributed by atoms with Crippen LogP contribution in [0.15, 0.2) is 33.2 Å². The van der Waals surface area contributed by atoms with Crippen LogP contribution in [0.2, 0.25) is 0 Å². The highest BCUT2D eigenvalue weighted by atomic mass is 79.9. The first-order valence-electron chi connectivity index (χ1n) is 10.2. The maximum absolute atomic E-state index is 12.4. The number of likely N-dealkylation sites (tertiary alicyclic amines) is 1. The van der Waals surface area contributed by atoms with E-state index >= 15 is 0 Å². The summed E-state index contributed by atoms with van der Waals surface area (Å²) in [6, 6.07) is 7.75. The number of carbonyl (C=O) groups excluding carboxylic acids is 2. The van der Waals surface area contributed by atoms with E-state index in [1.54, 1.807) is 4.90 Å². The third-order valence-corrected chi connectivity index (χ3v) is 5.84. The third kappa shape index (κ3) is 6.08. The molecule has 1 atom stereocenters. The Morgan fingerprint density at radius 2 is 2.07 bits per heavy atom. The minimum Gasteiger partial charge on any atom is -0.469 e. The van der Waals surface area contributed by atoms with Gasteiger partial charge in [-0.15, -0.1) is 0 Å². The second-order valence-corrected chi connectivity index (χ2v) is 8.38. The number of carbonyl (C=O) groups is 2. The molecule has 8 heteroatoms. The normalized spacial score (nSPS) is 16.4. The van der Waals surface area contributed by atoms with Crippen molar-refractivity contribution in [3.63, 3.8) is 0 Å². The molecule has 1 fully saturated rings. The molecule has 30 heavy (non-hydrogen) atoms. The predicted octanol–water partition coefficient (Wildman–Crippen LogP) is 4.76. The molecule has 0 N–H and O–H groups in total. The number of halogens is 1. The van der Waals surface area contributed by atoms with Crippen LogP contribution in [0.1, 0.15) is 37.1 Å². The zero-order chi connectivity index (χ0) is 21.5. The number of methoxy groups -OCH3 is 1. The number of ether oxygens (including phenoxy) is 2.